The molecule has 1 heterocycles. The number of aromatic nitrogens is 1. The summed E-state index contributed by atoms with van der Waals surface area (Å²) >= 11 is 2.20. The monoisotopic (exact) mass is 312 g/mol. The van der Waals surface area contributed by atoms with E-state index in [1.54, 1.807) is 6.07 Å². The zero-order valence-corrected chi connectivity index (χ0v) is 10.3. The molecule has 76 valence electrons. The molecule has 4 heteroatoms. The van der Waals surface area contributed by atoms with Crippen molar-refractivity contribution < 1.29 is 4.79 Å². The summed E-state index contributed by atoms with van der Waals surface area (Å²) in [5.74, 6) is -0.410. The summed E-state index contributed by atoms with van der Waals surface area (Å²) in [7, 11) is 0. The highest BCUT2D eigenvalue weighted by Crippen LogP contribution is 2.20. The summed E-state index contributed by atoms with van der Waals surface area (Å²) in [5.41, 5.74) is 7.48. The molecule has 1 amide bonds. The molecule has 2 rings (SSSR count). The number of nitrogens with two attached hydrogens (primary N) is 1. The number of primary amides is 1. The fourth-order valence-electron chi connectivity index (χ4n) is 1.53. The lowest BCUT2D eigenvalue weighted by Gasteiger charge is -2.04. The largest absolute Gasteiger partial charge is 0.366 e. The van der Waals surface area contributed by atoms with Crippen LogP contribution in [0.2, 0.25) is 0 Å². The van der Waals surface area contributed by atoms with E-state index in [0.29, 0.717) is 5.56 Å². The number of hydrogen-bond donors (Lipinski definition) is 1. The van der Waals surface area contributed by atoms with Crippen molar-refractivity contribution in [1.29, 1.82) is 0 Å². The van der Waals surface area contributed by atoms with Crippen molar-refractivity contribution in [2.75, 3.05) is 0 Å². The van der Waals surface area contributed by atoms with Crippen molar-refractivity contribution in [1.82, 2.24) is 4.98 Å². The molecule has 0 fully saturated rings. The van der Waals surface area contributed by atoms with Crippen molar-refractivity contribution in [3.05, 3.63) is 39.1 Å². The Hall–Kier alpha value is -1.17. The average Bonchev–Trinajstić information content (AvgIpc) is 2.17. The van der Waals surface area contributed by atoms with Gasteiger partial charge < -0.3 is 5.73 Å². The molecule has 0 aliphatic rings. The van der Waals surface area contributed by atoms with Crippen LogP contribution in [0.4, 0.5) is 0 Å². The van der Waals surface area contributed by atoms with Gasteiger partial charge in [-0.3, -0.25) is 9.78 Å². The number of pyridine rings is 1. The molecule has 0 spiro atoms. The molecule has 0 atom stereocenters. The first-order valence-corrected chi connectivity index (χ1v) is 5.52. The fraction of sp³-hybridized carbons (Fsp3) is 0.0909. The van der Waals surface area contributed by atoms with Crippen LogP contribution in [-0.4, -0.2) is 10.9 Å². The minimum atomic E-state index is -0.410. The van der Waals surface area contributed by atoms with Gasteiger partial charge in [-0.25, -0.2) is 0 Å². The van der Waals surface area contributed by atoms with E-state index in [9.17, 15) is 4.79 Å². The maximum atomic E-state index is 11.3. The highest BCUT2D eigenvalue weighted by atomic mass is 127. The van der Waals surface area contributed by atoms with Crippen molar-refractivity contribution in [3.8, 4) is 0 Å². The first-order chi connectivity index (χ1) is 7.08. The molecule has 0 aliphatic carbocycles. The van der Waals surface area contributed by atoms with Crippen LogP contribution in [0.15, 0.2) is 24.3 Å². The van der Waals surface area contributed by atoms with Crippen LogP contribution in [-0.2, 0) is 0 Å². The van der Waals surface area contributed by atoms with Crippen molar-refractivity contribution in [3.63, 3.8) is 0 Å². The van der Waals surface area contributed by atoms with Crippen LogP contribution >= 0.6 is 22.6 Å². The predicted molar refractivity (Wildman–Crippen MR) is 67.7 cm³/mol. The van der Waals surface area contributed by atoms with Gasteiger partial charge in [-0.05, 0) is 53.8 Å². The number of carbonyl (C=O) groups excluding carboxylic acids is 1. The number of halogens is 1. The van der Waals surface area contributed by atoms with Crippen LogP contribution in [0.1, 0.15) is 16.1 Å². The molecule has 2 aromatic rings. The Morgan fingerprint density at radius 2 is 2.13 bits per heavy atom. The Bertz CT molecular complexity index is 552. The van der Waals surface area contributed by atoms with Crippen molar-refractivity contribution in [2.45, 2.75) is 6.92 Å². The molecule has 3 nitrogen and oxygen atoms in total. The summed E-state index contributed by atoms with van der Waals surface area (Å²) in [6.07, 6.45) is 0. The zero-order valence-electron chi connectivity index (χ0n) is 8.12. The zero-order chi connectivity index (χ0) is 11.0. The molecule has 1 aromatic heterocycles. The topological polar surface area (TPSA) is 56.0 Å². The van der Waals surface area contributed by atoms with Gasteiger partial charge in [-0.2, -0.15) is 0 Å². The molecule has 0 radical (unpaired) electrons. The van der Waals surface area contributed by atoms with Crippen LogP contribution in [0.5, 0.6) is 0 Å². The number of carbonyl (C=O) groups is 1. The van der Waals surface area contributed by atoms with Gasteiger partial charge in [0.25, 0.3) is 0 Å². The summed E-state index contributed by atoms with van der Waals surface area (Å²) in [6, 6.07) is 7.50. The van der Waals surface area contributed by atoms with E-state index < -0.39 is 5.91 Å². The molecule has 0 bridgehead atoms. The third kappa shape index (κ3) is 1.94. The Balaban J connectivity index is 2.87. The molecule has 2 N–H and O–H groups in total. The highest BCUT2D eigenvalue weighted by molar-refractivity contribution is 14.1. The van der Waals surface area contributed by atoms with E-state index >= 15 is 0 Å². The third-order valence-corrected chi connectivity index (χ3v) is 2.84. The normalized spacial score (nSPS) is 10.5. The van der Waals surface area contributed by atoms with Crippen LogP contribution < -0.4 is 5.73 Å². The van der Waals surface area contributed by atoms with Gasteiger partial charge in [-0.15, -0.1) is 0 Å². The average molecular weight is 312 g/mol. The van der Waals surface area contributed by atoms with Crippen molar-refractivity contribution in [2.24, 2.45) is 5.73 Å². The molecular formula is C11H9IN2O. The summed E-state index contributed by atoms with van der Waals surface area (Å²) < 4.78 is 1.06. The number of nitrogens with zero attached hydrogens (tertiary/aromatic N) is 1. The lowest BCUT2D eigenvalue weighted by molar-refractivity contribution is 0.100. The fourth-order valence-corrected chi connectivity index (χ4v) is 2.03. The van der Waals surface area contributed by atoms with E-state index in [1.807, 2.05) is 25.1 Å². The Labute approximate surface area is 101 Å². The van der Waals surface area contributed by atoms with E-state index in [-0.39, 0.29) is 0 Å². The van der Waals surface area contributed by atoms with Crippen LogP contribution in [0, 0.1) is 10.5 Å². The van der Waals surface area contributed by atoms with Gasteiger partial charge in [0.1, 0.15) is 0 Å². The van der Waals surface area contributed by atoms with Gasteiger partial charge in [0.2, 0.25) is 5.91 Å². The summed E-state index contributed by atoms with van der Waals surface area (Å²) in [5, 5.41) is 0.819. The molecule has 0 saturated heterocycles. The first kappa shape index (κ1) is 10.4. The SMILES string of the molecule is Cc1cc(C(N)=O)c2cc(I)ccc2n1. The Kier molecular flexibility index (Phi) is 2.60. The molecule has 1 aromatic carbocycles. The number of benzene rings is 1. The number of amides is 1. The lowest BCUT2D eigenvalue weighted by Crippen LogP contribution is -2.12. The Morgan fingerprint density at radius 1 is 1.40 bits per heavy atom. The first-order valence-electron chi connectivity index (χ1n) is 4.44. The second-order valence-corrected chi connectivity index (χ2v) is 4.58. The molecule has 0 unspecified atom stereocenters. The van der Waals surface area contributed by atoms with Crippen LogP contribution in [0.3, 0.4) is 0 Å². The van der Waals surface area contributed by atoms with E-state index in [4.69, 9.17) is 5.73 Å². The minimum absolute atomic E-state index is 0.410. The van der Waals surface area contributed by atoms with Gasteiger partial charge in [0.05, 0.1) is 11.1 Å². The number of aryl methyl sites for hydroxylation is 1. The number of fused-ring (bicyclic) bond motifs is 1. The standard InChI is InChI=1S/C11H9IN2O/c1-6-4-9(11(13)15)8-5-7(12)2-3-10(8)14-6/h2-5H,1H3,(H2,13,15). The quantitative estimate of drug-likeness (QED) is 0.821. The van der Waals surface area contributed by atoms with Gasteiger partial charge in [0, 0.05) is 14.7 Å². The van der Waals surface area contributed by atoms with E-state index in [2.05, 4.69) is 27.6 Å². The Morgan fingerprint density at radius 3 is 2.80 bits per heavy atom. The maximum Gasteiger partial charge on any atom is 0.249 e. The van der Waals surface area contributed by atoms with Gasteiger partial charge in [-0.1, -0.05) is 0 Å². The molecular weight excluding hydrogens is 303 g/mol. The second kappa shape index (κ2) is 3.77. The minimum Gasteiger partial charge on any atom is -0.366 e. The molecule has 0 saturated carbocycles. The third-order valence-electron chi connectivity index (χ3n) is 2.16. The van der Waals surface area contributed by atoms with Gasteiger partial charge in [0.15, 0.2) is 0 Å². The van der Waals surface area contributed by atoms with Crippen LogP contribution in [0.25, 0.3) is 10.9 Å². The number of rotatable bonds is 1. The molecule has 15 heavy (non-hydrogen) atoms. The summed E-state index contributed by atoms with van der Waals surface area (Å²) in [4.78, 5) is 15.6. The predicted octanol–water partition coefficient (Wildman–Crippen LogP) is 2.25. The molecule has 0 aliphatic heterocycles. The summed E-state index contributed by atoms with van der Waals surface area (Å²) in [6.45, 7) is 1.85. The number of hydrogen-bond acceptors (Lipinski definition) is 2. The second-order valence-electron chi connectivity index (χ2n) is 3.34. The van der Waals surface area contributed by atoms with E-state index in [0.717, 1.165) is 20.2 Å². The van der Waals surface area contributed by atoms with Gasteiger partial charge >= 0.3 is 0 Å². The smallest absolute Gasteiger partial charge is 0.249 e. The van der Waals surface area contributed by atoms with E-state index in [1.165, 1.54) is 0 Å². The maximum absolute atomic E-state index is 11.3. The van der Waals surface area contributed by atoms with Crippen molar-refractivity contribution >= 4 is 39.4 Å². The lowest BCUT2D eigenvalue weighted by atomic mass is 10.1. The highest BCUT2D eigenvalue weighted by Gasteiger charge is 2.08.